The Morgan fingerprint density at radius 1 is 1.60 bits per heavy atom. The number of primary amides is 1. The summed E-state index contributed by atoms with van der Waals surface area (Å²) in [7, 11) is 0. The van der Waals surface area contributed by atoms with Gasteiger partial charge in [0, 0.05) is 12.6 Å². The highest BCUT2D eigenvalue weighted by atomic mass is 16.4. The second kappa shape index (κ2) is 4.37. The Morgan fingerprint density at radius 3 is 2.60 bits per heavy atom. The molecule has 0 aromatic heterocycles. The van der Waals surface area contributed by atoms with Crippen molar-refractivity contribution in [1.29, 1.82) is 0 Å². The molecule has 0 aromatic rings. The molecule has 5 nitrogen and oxygen atoms in total. The average molecular weight is 144 g/mol. The Labute approximate surface area is 57.5 Å². The van der Waals surface area contributed by atoms with Gasteiger partial charge in [0.1, 0.15) is 0 Å². The highest BCUT2D eigenvalue weighted by Gasteiger charge is 1.86. The first kappa shape index (κ1) is 8.48. The van der Waals surface area contributed by atoms with Gasteiger partial charge in [0.05, 0.1) is 0 Å². The van der Waals surface area contributed by atoms with E-state index in [9.17, 15) is 9.59 Å². The quantitative estimate of drug-likeness (QED) is 0.457. The molecule has 0 radical (unpaired) electrons. The minimum Gasteiger partial charge on any atom is -0.478 e. The highest BCUT2D eigenvalue weighted by molar-refractivity contribution is 5.80. The summed E-state index contributed by atoms with van der Waals surface area (Å²) in [6, 6.07) is -0.671. The average Bonchev–Trinajstić information content (AvgIpc) is 1.79. The highest BCUT2D eigenvalue weighted by Crippen LogP contribution is 1.69. The van der Waals surface area contributed by atoms with Gasteiger partial charge in [-0.15, -0.1) is 0 Å². The number of aliphatic carboxylic acids is 1. The third-order valence-electron chi connectivity index (χ3n) is 0.655. The molecule has 0 unspecified atom stereocenters. The van der Waals surface area contributed by atoms with Crippen LogP contribution in [0.1, 0.15) is 0 Å². The number of rotatable bonds is 3. The van der Waals surface area contributed by atoms with Crippen LogP contribution in [-0.4, -0.2) is 23.7 Å². The van der Waals surface area contributed by atoms with Crippen LogP contribution in [0.2, 0.25) is 0 Å². The molecule has 0 aliphatic heterocycles. The van der Waals surface area contributed by atoms with E-state index in [-0.39, 0.29) is 6.54 Å². The van der Waals surface area contributed by atoms with E-state index >= 15 is 0 Å². The third kappa shape index (κ3) is 6.48. The van der Waals surface area contributed by atoms with Gasteiger partial charge in [0.2, 0.25) is 0 Å². The van der Waals surface area contributed by atoms with Crippen molar-refractivity contribution in [3.63, 3.8) is 0 Å². The van der Waals surface area contributed by atoms with E-state index in [0.717, 1.165) is 6.08 Å². The second-order valence-electron chi connectivity index (χ2n) is 1.49. The van der Waals surface area contributed by atoms with Crippen LogP contribution in [0, 0.1) is 0 Å². The minimum atomic E-state index is -1.05. The lowest BCUT2D eigenvalue weighted by molar-refractivity contribution is -0.131. The van der Waals surface area contributed by atoms with Crippen LogP contribution in [0.25, 0.3) is 0 Å². The van der Waals surface area contributed by atoms with Gasteiger partial charge < -0.3 is 16.2 Å². The number of hydrogen-bond acceptors (Lipinski definition) is 2. The lowest BCUT2D eigenvalue weighted by atomic mass is 10.5. The molecular weight excluding hydrogens is 136 g/mol. The monoisotopic (exact) mass is 144 g/mol. The summed E-state index contributed by atoms with van der Waals surface area (Å²) in [5, 5.41) is 10.2. The smallest absolute Gasteiger partial charge is 0.328 e. The maximum Gasteiger partial charge on any atom is 0.328 e. The largest absolute Gasteiger partial charge is 0.478 e. The van der Waals surface area contributed by atoms with Crippen LogP contribution in [0.5, 0.6) is 0 Å². The van der Waals surface area contributed by atoms with Crippen molar-refractivity contribution in [3.05, 3.63) is 12.2 Å². The van der Waals surface area contributed by atoms with Gasteiger partial charge in [0.15, 0.2) is 0 Å². The summed E-state index contributed by atoms with van der Waals surface area (Å²) in [5.41, 5.74) is 4.68. The van der Waals surface area contributed by atoms with Gasteiger partial charge in [-0.3, -0.25) is 0 Å². The van der Waals surface area contributed by atoms with E-state index in [1.165, 1.54) is 6.08 Å². The zero-order valence-electron chi connectivity index (χ0n) is 5.20. The van der Waals surface area contributed by atoms with E-state index in [0.29, 0.717) is 0 Å². The molecule has 0 heterocycles. The van der Waals surface area contributed by atoms with E-state index in [1.54, 1.807) is 0 Å². The summed E-state index contributed by atoms with van der Waals surface area (Å²) in [6.45, 7) is 0.141. The van der Waals surface area contributed by atoms with Gasteiger partial charge in [0.25, 0.3) is 0 Å². The summed E-state index contributed by atoms with van der Waals surface area (Å²) in [5.74, 6) is -1.05. The molecule has 0 atom stereocenters. The lowest BCUT2D eigenvalue weighted by Crippen LogP contribution is -2.29. The maximum atomic E-state index is 9.97. The normalized spacial score (nSPS) is 9.60. The number of carbonyl (C=O) groups excluding carboxylic acids is 1. The molecular formula is C5H8N2O3. The molecule has 2 amide bonds. The molecule has 0 saturated heterocycles. The minimum absolute atomic E-state index is 0.141. The first-order valence-corrected chi connectivity index (χ1v) is 2.55. The van der Waals surface area contributed by atoms with Crippen molar-refractivity contribution in [1.82, 2.24) is 5.32 Å². The van der Waals surface area contributed by atoms with Crippen LogP contribution in [0.15, 0.2) is 12.2 Å². The molecule has 0 aromatic carbocycles. The lowest BCUT2D eigenvalue weighted by Gasteiger charge is -1.91. The maximum absolute atomic E-state index is 9.97. The summed E-state index contributed by atoms with van der Waals surface area (Å²) >= 11 is 0. The predicted octanol–water partition coefficient (Wildman–Crippen LogP) is -0.704. The fraction of sp³-hybridized carbons (Fsp3) is 0.200. The second-order valence-corrected chi connectivity index (χ2v) is 1.49. The standard InChI is InChI=1S/C5H8N2O3/c6-5(10)7-3-1-2-4(8)9/h1-2H,3H2,(H,8,9)(H3,6,7,10)/b2-1-. The Balaban J connectivity index is 3.36. The molecule has 56 valence electrons. The number of urea groups is 1. The van der Waals surface area contributed by atoms with Crippen molar-refractivity contribution < 1.29 is 14.7 Å². The molecule has 0 spiro atoms. The Bertz CT molecular complexity index is 164. The van der Waals surface area contributed by atoms with Gasteiger partial charge in [-0.25, -0.2) is 9.59 Å². The Kier molecular flexibility index (Phi) is 3.70. The number of carboxylic acids is 1. The first-order valence-electron chi connectivity index (χ1n) is 2.55. The van der Waals surface area contributed by atoms with Crippen LogP contribution in [-0.2, 0) is 4.79 Å². The first-order chi connectivity index (χ1) is 4.63. The topological polar surface area (TPSA) is 92.4 Å². The summed E-state index contributed by atoms with van der Waals surface area (Å²) in [6.07, 6.45) is 2.21. The number of nitrogens with one attached hydrogen (secondary N) is 1. The molecule has 0 bridgehead atoms. The van der Waals surface area contributed by atoms with Crippen molar-refractivity contribution in [2.24, 2.45) is 5.73 Å². The van der Waals surface area contributed by atoms with Crippen molar-refractivity contribution >= 4 is 12.0 Å². The van der Waals surface area contributed by atoms with E-state index < -0.39 is 12.0 Å². The Hall–Kier alpha value is -1.52. The molecule has 10 heavy (non-hydrogen) atoms. The number of amides is 2. The van der Waals surface area contributed by atoms with Crippen LogP contribution in [0.3, 0.4) is 0 Å². The van der Waals surface area contributed by atoms with E-state index in [1.807, 2.05) is 0 Å². The van der Waals surface area contributed by atoms with Gasteiger partial charge in [-0.1, -0.05) is 6.08 Å². The molecule has 0 aliphatic carbocycles. The van der Waals surface area contributed by atoms with E-state index in [4.69, 9.17) is 5.11 Å². The molecule has 4 N–H and O–H groups in total. The van der Waals surface area contributed by atoms with Crippen LogP contribution < -0.4 is 11.1 Å². The molecule has 0 rings (SSSR count). The molecule has 0 fully saturated rings. The predicted molar refractivity (Wildman–Crippen MR) is 34.4 cm³/mol. The summed E-state index contributed by atoms with van der Waals surface area (Å²) in [4.78, 5) is 19.8. The number of hydrogen-bond donors (Lipinski definition) is 3. The van der Waals surface area contributed by atoms with Gasteiger partial charge >= 0.3 is 12.0 Å². The summed E-state index contributed by atoms with van der Waals surface area (Å²) < 4.78 is 0. The number of nitrogens with two attached hydrogens (primary N) is 1. The molecule has 5 heteroatoms. The van der Waals surface area contributed by atoms with Gasteiger partial charge in [-0.05, 0) is 0 Å². The number of carboxylic acid groups (broad SMARTS) is 1. The van der Waals surface area contributed by atoms with Crippen molar-refractivity contribution in [2.45, 2.75) is 0 Å². The zero-order chi connectivity index (χ0) is 7.98. The fourth-order valence-corrected chi connectivity index (χ4v) is 0.319. The van der Waals surface area contributed by atoms with Crippen LogP contribution >= 0.6 is 0 Å². The molecule has 0 saturated carbocycles. The van der Waals surface area contributed by atoms with Crippen molar-refractivity contribution in [2.75, 3.05) is 6.54 Å². The third-order valence-corrected chi connectivity index (χ3v) is 0.655. The molecule has 0 aliphatic rings. The van der Waals surface area contributed by atoms with Gasteiger partial charge in [-0.2, -0.15) is 0 Å². The number of carbonyl (C=O) groups is 2. The zero-order valence-corrected chi connectivity index (χ0v) is 5.20. The SMILES string of the molecule is NC(=O)NC/C=C\C(=O)O. The van der Waals surface area contributed by atoms with E-state index in [2.05, 4.69) is 11.1 Å². The van der Waals surface area contributed by atoms with Crippen molar-refractivity contribution in [3.8, 4) is 0 Å². The van der Waals surface area contributed by atoms with Crippen LogP contribution in [0.4, 0.5) is 4.79 Å². The Morgan fingerprint density at radius 2 is 2.20 bits per heavy atom. The fourth-order valence-electron chi connectivity index (χ4n) is 0.319.